The van der Waals surface area contributed by atoms with Gasteiger partial charge in [0.15, 0.2) is 0 Å². The second-order valence-electron chi connectivity index (χ2n) is 10.6. The SMILES string of the molecule is C[NH+](CCO)[C@H]1CC[C@@H]2[C@H]3CC[C@H]4C[C@@H](O)CC[C@]4(C)[C@H]3CC[C@@]21C. The van der Waals surface area contributed by atoms with E-state index >= 15 is 0 Å². The largest absolute Gasteiger partial charge is 0.393 e. The van der Waals surface area contributed by atoms with Gasteiger partial charge in [-0.3, -0.25) is 0 Å². The van der Waals surface area contributed by atoms with Crippen LogP contribution in [-0.2, 0) is 0 Å². The molecule has 0 radical (unpaired) electrons. The van der Waals surface area contributed by atoms with Gasteiger partial charge in [-0.05, 0) is 80.5 Å². The lowest BCUT2D eigenvalue weighted by atomic mass is 9.45. The lowest BCUT2D eigenvalue weighted by molar-refractivity contribution is -0.913. The van der Waals surface area contributed by atoms with Crippen LogP contribution in [0.25, 0.3) is 0 Å². The third-order valence-corrected chi connectivity index (χ3v) is 9.74. The van der Waals surface area contributed by atoms with E-state index in [1.807, 2.05) is 0 Å². The Morgan fingerprint density at radius 2 is 1.64 bits per heavy atom. The molecule has 0 aliphatic heterocycles. The summed E-state index contributed by atoms with van der Waals surface area (Å²) in [5.41, 5.74) is 0.975. The molecule has 4 rings (SSSR count). The highest BCUT2D eigenvalue weighted by Gasteiger charge is 2.61. The molecule has 25 heavy (non-hydrogen) atoms. The van der Waals surface area contributed by atoms with Crippen molar-refractivity contribution in [3.05, 3.63) is 0 Å². The Hall–Kier alpha value is -0.120. The number of likely N-dealkylation sites (N-methyl/N-ethyl adjacent to an activating group) is 1. The first kappa shape index (κ1) is 18.3. The minimum absolute atomic E-state index is 0.0323. The third kappa shape index (κ3) is 2.72. The molecule has 3 nitrogen and oxygen atoms in total. The standard InChI is InChI=1S/C22H39NO2/c1-21-10-8-16(25)14-15(21)4-5-17-18-6-7-20(23(3)12-13-24)22(18,2)11-9-19(17)21/h15-20,24-25H,4-14H2,1-3H3/p+1/t15-,16-,17+,18+,19-,20-,21-,22-/m0/s1. The van der Waals surface area contributed by atoms with Crippen molar-refractivity contribution in [1.29, 1.82) is 0 Å². The number of hydrogen-bond donors (Lipinski definition) is 3. The van der Waals surface area contributed by atoms with Gasteiger partial charge < -0.3 is 15.1 Å². The Kier molecular flexibility index (Phi) is 4.74. The highest BCUT2D eigenvalue weighted by atomic mass is 16.3. The number of hydrogen-bond acceptors (Lipinski definition) is 2. The first-order chi connectivity index (χ1) is 11.9. The van der Waals surface area contributed by atoms with Gasteiger partial charge in [-0.15, -0.1) is 0 Å². The molecule has 144 valence electrons. The van der Waals surface area contributed by atoms with E-state index in [9.17, 15) is 10.2 Å². The van der Waals surface area contributed by atoms with E-state index in [4.69, 9.17) is 0 Å². The van der Waals surface area contributed by atoms with Gasteiger partial charge in [0.1, 0.15) is 6.54 Å². The van der Waals surface area contributed by atoms with E-state index in [1.165, 1.54) is 44.9 Å². The quantitative estimate of drug-likeness (QED) is 0.731. The van der Waals surface area contributed by atoms with Crippen molar-refractivity contribution in [2.24, 2.45) is 34.5 Å². The Morgan fingerprint density at radius 1 is 0.920 bits per heavy atom. The second-order valence-corrected chi connectivity index (χ2v) is 10.6. The molecule has 1 unspecified atom stereocenters. The van der Waals surface area contributed by atoms with E-state index < -0.39 is 0 Å². The Morgan fingerprint density at radius 3 is 2.40 bits per heavy atom. The van der Waals surface area contributed by atoms with E-state index in [0.29, 0.717) is 17.4 Å². The summed E-state index contributed by atoms with van der Waals surface area (Å²) in [7, 11) is 2.31. The van der Waals surface area contributed by atoms with Crippen LogP contribution >= 0.6 is 0 Å². The zero-order chi connectivity index (χ0) is 17.8. The molecule has 4 aliphatic carbocycles. The summed E-state index contributed by atoms with van der Waals surface area (Å²) >= 11 is 0. The van der Waals surface area contributed by atoms with Gasteiger partial charge in [-0.2, -0.15) is 0 Å². The van der Waals surface area contributed by atoms with Crippen LogP contribution in [0, 0.1) is 34.5 Å². The van der Waals surface area contributed by atoms with Crippen LogP contribution in [0.15, 0.2) is 0 Å². The number of aliphatic hydroxyl groups is 2. The Bertz CT molecular complexity index is 496. The van der Waals surface area contributed by atoms with Crippen LogP contribution in [0.1, 0.15) is 71.6 Å². The molecule has 0 aromatic rings. The van der Waals surface area contributed by atoms with Gasteiger partial charge in [0, 0.05) is 11.8 Å². The first-order valence-corrected chi connectivity index (χ1v) is 11.0. The fraction of sp³-hybridized carbons (Fsp3) is 1.00. The van der Waals surface area contributed by atoms with Crippen molar-refractivity contribution in [2.75, 3.05) is 20.2 Å². The van der Waals surface area contributed by atoms with Crippen molar-refractivity contribution in [3.8, 4) is 0 Å². The van der Waals surface area contributed by atoms with Crippen molar-refractivity contribution in [2.45, 2.75) is 83.8 Å². The molecule has 0 amide bonds. The van der Waals surface area contributed by atoms with Crippen LogP contribution < -0.4 is 4.90 Å². The highest BCUT2D eigenvalue weighted by molar-refractivity contribution is 5.09. The molecule has 0 heterocycles. The maximum Gasteiger partial charge on any atom is 0.101 e. The molecular weight excluding hydrogens is 310 g/mol. The normalized spacial score (nSPS) is 53.6. The first-order valence-electron chi connectivity index (χ1n) is 11.0. The molecule has 0 spiro atoms. The predicted octanol–water partition coefficient (Wildman–Crippen LogP) is 2.27. The van der Waals surface area contributed by atoms with Crippen LogP contribution in [0.2, 0.25) is 0 Å². The van der Waals surface area contributed by atoms with Crippen molar-refractivity contribution < 1.29 is 15.1 Å². The maximum absolute atomic E-state index is 10.2. The zero-order valence-electron chi connectivity index (χ0n) is 16.6. The molecule has 0 aromatic carbocycles. The van der Waals surface area contributed by atoms with Gasteiger partial charge >= 0.3 is 0 Å². The lowest BCUT2D eigenvalue weighted by Gasteiger charge is -2.60. The van der Waals surface area contributed by atoms with Crippen LogP contribution in [0.5, 0.6) is 0 Å². The van der Waals surface area contributed by atoms with Gasteiger partial charge in [0.25, 0.3) is 0 Å². The maximum atomic E-state index is 10.2. The number of nitrogens with one attached hydrogen (secondary N) is 1. The minimum atomic E-state index is -0.0323. The van der Waals surface area contributed by atoms with E-state index in [1.54, 1.807) is 4.90 Å². The number of quaternary nitrogens is 1. The van der Waals surface area contributed by atoms with Gasteiger partial charge in [0.05, 0.1) is 25.8 Å². The number of fused-ring (bicyclic) bond motifs is 5. The van der Waals surface area contributed by atoms with Crippen molar-refractivity contribution in [1.82, 2.24) is 0 Å². The summed E-state index contributed by atoms with van der Waals surface area (Å²) in [5.74, 6) is 3.48. The average molecular weight is 351 g/mol. The molecule has 9 atom stereocenters. The average Bonchev–Trinajstić information content (AvgIpc) is 2.93. The Balaban J connectivity index is 1.56. The topological polar surface area (TPSA) is 44.9 Å². The number of aliphatic hydroxyl groups excluding tert-OH is 2. The summed E-state index contributed by atoms with van der Waals surface area (Å²) in [6, 6.07) is 0.740. The van der Waals surface area contributed by atoms with E-state index in [2.05, 4.69) is 20.9 Å². The second kappa shape index (κ2) is 6.49. The highest BCUT2D eigenvalue weighted by Crippen LogP contribution is 2.65. The third-order valence-electron chi connectivity index (χ3n) is 9.74. The Labute approximate surface area is 154 Å². The minimum Gasteiger partial charge on any atom is -0.393 e. The summed E-state index contributed by atoms with van der Waals surface area (Å²) in [6.07, 6.45) is 11.6. The fourth-order valence-corrected chi connectivity index (χ4v) is 8.40. The summed E-state index contributed by atoms with van der Waals surface area (Å²) < 4.78 is 0. The predicted molar refractivity (Wildman–Crippen MR) is 100 cm³/mol. The van der Waals surface area contributed by atoms with Crippen molar-refractivity contribution >= 4 is 0 Å². The van der Waals surface area contributed by atoms with Gasteiger partial charge in [0.2, 0.25) is 0 Å². The summed E-state index contributed by atoms with van der Waals surface area (Å²) in [6.45, 7) is 6.39. The zero-order valence-corrected chi connectivity index (χ0v) is 16.6. The van der Waals surface area contributed by atoms with Crippen LogP contribution in [0.3, 0.4) is 0 Å². The molecule has 4 saturated carbocycles. The monoisotopic (exact) mass is 350 g/mol. The lowest BCUT2D eigenvalue weighted by Crippen LogP contribution is -3.14. The van der Waals surface area contributed by atoms with Gasteiger partial charge in [-0.25, -0.2) is 0 Å². The van der Waals surface area contributed by atoms with Gasteiger partial charge in [-0.1, -0.05) is 13.8 Å². The molecule has 3 N–H and O–H groups in total. The molecule has 4 aliphatic rings. The molecule has 0 aromatic heterocycles. The fourth-order valence-electron chi connectivity index (χ4n) is 8.40. The molecule has 3 heteroatoms. The molecular formula is C22H40NO2+. The van der Waals surface area contributed by atoms with Crippen molar-refractivity contribution in [3.63, 3.8) is 0 Å². The van der Waals surface area contributed by atoms with Crippen LogP contribution in [-0.4, -0.2) is 42.6 Å². The summed E-state index contributed by atoms with van der Waals surface area (Å²) in [4.78, 5) is 1.56. The number of rotatable bonds is 3. The van der Waals surface area contributed by atoms with Crippen LogP contribution in [0.4, 0.5) is 0 Å². The summed E-state index contributed by atoms with van der Waals surface area (Å²) in [5, 5.41) is 19.6. The van der Waals surface area contributed by atoms with E-state index in [0.717, 1.165) is 49.1 Å². The molecule has 4 fully saturated rings. The molecule has 0 saturated heterocycles. The smallest absolute Gasteiger partial charge is 0.101 e. The van der Waals surface area contributed by atoms with E-state index in [-0.39, 0.29) is 6.10 Å². The molecule has 0 bridgehead atoms.